The van der Waals surface area contributed by atoms with E-state index >= 15 is 0 Å². The highest BCUT2D eigenvalue weighted by atomic mass is 127. The van der Waals surface area contributed by atoms with Gasteiger partial charge in [-0.15, -0.1) is 0 Å². The lowest BCUT2D eigenvalue weighted by Crippen LogP contribution is -2.22. The first kappa shape index (κ1) is 43.0. The van der Waals surface area contributed by atoms with E-state index in [2.05, 4.69) is 0 Å². The third kappa shape index (κ3) is 10.3. The molecule has 1 atom stereocenters. The molecule has 1 unspecified atom stereocenters. The van der Waals surface area contributed by atoms with Gasteiger partial charge in [0, 0.05) is 21.2 Å². The molecule has 0 saturated heterocycles. The van der Waals surface area contributed by atoms with Gasteiger partial charge in [0.25, 0.3) is 40.5 Å². The maximum atomic E-state index is 12.2. The second-order valence-corrected chi connectivity index (χ2v) is 21.4. The number of ether oxygens (including phenoxy) is 3. The summed E-state index contributed by atoms with van der Waals surface area (Å²) in [7, 11) is -18.8. The number of rotatable bonds is 16. The van der Waals surface area contributed by atoms with Crippen molar-refractivity contribution in [1.29, 1.82) is 0 Å². The maximum absolute atomic E-state index is 12.2. The lowest BCUT2D eigenvalue weighted by molar-refractivity contribution is 0.417. The summed E-state index contributed by atoms with van der Waals surface area (Å²) in [5.74, 6) is 0.631. The van der Waals surface area contributed by atoms with Gasteiger partial charge in [-0.2, -0.15) is 33.7 Å². The molecule has 23 heteroatoms. The van der Waals surface area contributed by atoms with Crippen molar-refractivity contribution in [2.24, 2.45) is 0 Å². The zero-order valence-corrected chi connectivity index (χ0v) is 34.9. The number of halogens is 1. The summed E-state index contributed by atoms with van der Waals surface area (Å²) in [6, 6.07) is 14.3. The monoisotopic (exact) mass is 964 g/mol. The van der Waals surface area contributed by atoms with E-state index < -0.39 is 75.9 Å². The van der Waals surface area contributed by atoms with E-state index in [0.717, 1.165) is 36.4 Å². The van der Waals surface area contributed by atoms with Crippen LogP contribution in [-0.2, 0) is 40.5 Å². The first-order chi connectivity index (χ1) is 24.6. The van der Waals surface area contributed by atoms with Crippen LogP contribution in [0.2, 0.25) is 0 Å². The first-order valence-electron chi connectivity index (χ1n) is 14.6. The van der Waals surface area contributed by atoms with Crippen molar-refractivity contribution in [3.8, 4) is 23.0 Å². The Morgan fingerprint density at radius 2 is 0.717 bits per heavy atom. The van der Waals surface area contributed by atoms with Crippen LogP contribution in [0.1, 0.15) is 6.42 Å². The molecule has 4 aromatic rings. The van der Waals surface area contributed by atoms with Gasteiger partial charge in [0.1, 0.15) is 23.0 Å². The number of hydrogen-bond acceptors (Lipinski definition) is 12. The van der Waals surface area contributed by atoms with Crippen molar-refractivity contribution >= 4 is 101 Å². The molecule has 0 fully saturated rings. The highest BCUT2D eigenvalue weighted by molar-refractivity contribution is 14.1. The molecular formula is C30H31IO16P2S4. The largest absolute Gasteiger partial charge is 0.496 e. The van der Waals surface area contributed by atoms with Crippen molar-refractivity contribution in [2.45, 2.75) is 26.0 Å². The molecule has 16 nitrogen and oxygen atoms in total. The quantitative estimate of drug-likeness (QED) is 0.0713. The number of methoxy groups -OCH3 is 3. The second kappa shape index (κ2) is 17.0. The molecule has 53 heavy (non-hydrogen) atoms. The smallest absolute Gasteiger partial charge is 0.294 e. The fourth-order valence-corrected chi connectivity index (χ4v) is 13.7. The third-order valence-electron chi connectivity index (χ3n) is 7.58. The molecule has 0 radical (unpaired) electrons. The Hall–Kier alpha value is -2.69. The zero-order chi connectivity index (χ0) is 39.5. The SMILES string of the molecule is COc1ccc(S(=O)(=O)O)cc1P(CCCP(c1cc(S(=O)(=O)O)ccc1OC)c1cc(S(=O)(=O)O)ccc1OI)c1cc(S(=O)(=O)O)ccc1OC. The molecule has 0 bridgehead atoms. The van der Waals surface area contributed by atoms with E-state index in [1.54, 1.807) is 23.0 Å². The minimum absolute atomic E-state index is 0.0853. The van der Waals surface area contributed by atoms with Gasteiger partial charge in [0.15, 0.2) is 23.0 Å². The van der Waals surface area contributed by atoms with E-state index in [-0.39, 0.29) is 63.0 Å². The summed E-state index contributed by atoms with van der Waals surface area (Å²) in [6.45, 7) is 0. The van der Waals surface area contributed by atoms with Crippen LogP contribution in [-0.4, -0.2) is 85.5 Å². The van der Waals surface area contributed by atoms with Crippen LogP contribution in [0.4, 0.5) is 0 Å². The third-order valence-corrected chi connectivity index (χ3v) is 16.7. The van der Waals surface area contributed by atoms with Gasteiger partial charge >= 0.3 is 0 Å². The second-order valence-electron chi connectivity index (χ2n) is 10.8. The lowest BCUT2D eigenvalue weighted by Gasteiger charge is -2.26. The standard InChI is InChI=1S/C30H31IO16P2S4/c1-44-23-9-5-19(50(32,33)34)15-27(23)48(28-16-20(51(35,36)37)6-10-24(28)45-2)13-4-14-49(29-17-21(52(38,39)40)7-11-25(29)46-3)30-18-22(53(41,42)43)8-12-26(30)47-31/h5-12,15-18H,4,13-14H2,1-3H3,(H,32,33,34)(H,35,36,37)(H,38,39,40)(H,41,42,43). The van der Waals surface area contributed by atoms with Crippen LogP contribution >= 0.6 is 38.8 Å². The molecule has 0 amide bonds. The predicted molar refractivity (Wildman–Crippen MR) is 206 cm³/mol. The van der Waals surface area contributed by atoms with Crippen molar-refractivity contribution < 1.29 is 69.2 Å². The highest BCUT2D eigenvalue weighted by Gasteiger charge is 2.29. The predicted octanol–water partition coefficient (Wildman–Crippen LogP) is 3.38. The van der Waals surface area contributed by atoms with Crippen LogP contribution < -0.4 is 38.5 Å². The van der Waals surface area contributed by atoms with Gasteiger partial charge in [-0.05, 0) is 107 Å². The van der Waals surface area contributed by atoms with Crippen molar-refractivity contribution in [3.05, 3.63) is 72.8 Å². The zero-order valence-electron chi connectivity index (χ0n) is 27.6. The molecule has 0 aliphatic heterocycles. The van der Waals surface area contributed by atoms with Gasteiger partial charge in [-0.25, -0.2) is 0 Å². The molecular weight excluding hydrogens is 933 g/mol. The van der Waals surface area contributed by atoms with E-state index in [1.807, 2.05) is 0 Å². The molecule has 4 rings (SSSR count). The van der Waals surface area contributed by atoms with Gasteiger partial charge < -0.3 is 17.3 Å². The molecule has 0 aliphatic carbocycles. The van der Waals surface area contributed by atoms with Crippen LogP contribution in [0.5, 0.6) is 23.0 Å². The molecule has 4 aromatic carbocycles. The minimum atomic E-state index is -4.75. The van der Waals surface area contributed by atoms with Crippen LogP contribution in [0, 0.1) is 0 Å². The molecule has 0 heterocycles. The number of benzene rings is 4. The fraction of sp³-hybridized carbons (Fsp3) is 0.200. The minimum Gasteiger partial charge on any atom is -0.496 e. The number of hydrogen-bond donors (Lipinski definition) is 4. The Morgan fingerprint density at radius 1 is 0.472 bits per heavy atom. The van der Waals surface area contributed by atoms with E-state index in [1.165, 1.54) is 57.7 Å². The molecule has 0 aliphatic rings. The van der Waals surface area contributed by atoms with E-state index in [0.29, 0.717) is 0 Å². The van der Waals surface area contributed by atoms with E-state index in [4.69, 9.17) is 17.3 Å². The summed E-state index contributed by atoms with van der Waals surface area (Å²) in [6.07, 6.45) is 0.317. The van der Waals surface area contributed by atoms with Gasteiger partial charge in [-0.3, -0.25) is 18.2 Å². The average molecular weight is 965 g/mol. The molecule has 4 N–H and O–H groups in total. The Kier molecular flexibility index (Phi) is 13.8. The van der Waals surface area contributed by atoms with Crippen LogP contribution in [0.25, 0.3) is 0 Å². The van der Waals surface area contributed by atoms with Crippen molar-refractivity contribution in [3.63, 3.8) is 0 Å². The van der Waals surface area contributed by atoms with Crippen LogP contribution in [0.15, 0.2) is 92.4 Å². The summed E-state index contributed by atoms with van der Waals surface area (Å²) in [5, 5.41) is 0.893. The van der Waals surface area contributed by atoms with Gasteiger partial charge in [-0.1, -0.05) is 0 Å². The van der Waals surface area contributed by atoms with Gasteiger partial charge in [0.05, 0.1) is 40.9 Å². The summed E-state index contributed by atoms with van der Waals surface area (Å²) in [5.41, 5.74) is 0. The Balaban J connectivity index is 1.98. The first-order valence-corrected chi connectivity index (χ1v) is 24.2. The fourth-order valence-electron chi connectivity index (χ4n) is 5.19. The Labute approximate surface area is 323 Å². The highest BCUT2D eigenvalue weighted by Crippen LogP contribution is 2.46. The molecule has 0 aromatic heterocycles. The Bertz CT molecular complexity index is 2120. The van der Waals surface area contributed by atoms with Crippen molar-refractivity contribution in [2.75, 3.05) is 33.7 Å². The average Bonchev–Trinajstić information content (AvgIpc) is 3.09. The summed E-state index contributed by atoms with van der Waals surface area (Å²) >= 11 is 1.57. The topological polar surface area (TPSA) is 254 Å². The van der Waals surface area contributed by atoms with Crippen LogP contribution in [0.3, 0.4) is 0 Å². The van der Waals surface area contributed by atoms with Gasteiger partial charge in [0.2, 0.25) is 0 Å². The Morgan fingerprint density at radius 3 is 0.943 bits per heavy atom. The lowest BCUT2D eigenvalue weighted by atomic mass is 10.3. The summed E-state index contributed by atoms with van der Waals surface area (Å²) < 4.78 is 160. The normalized spacial score (nSPS) is 13.1. The summed E-state index contributed by atoms with van der Waals surface area (Å²) in [4.78, 5) is -1.98. The molecule has 288 valence electrons. The van der Waals surface area contributed by atoms with E-state index in [9.17, 15) is 51.9 Å². The maximum Gasteiger partial charge on any atom is 0.294 e. The molecule has 0 saturated carbocycles. The molecule has 0 spiro atoms. The van der Waals surface area contributed by atoms with Crippen molar-refractivity contribution in [1.82, 2.24) is 0 Å².